The van der Waals surface area contributed by atoms with Gasteiger partial charge in [0.1, 0.15) is 5.82 Å². The number of nitrogens with zero attached hydrogens (tertiary/aromatic N) is 4. The Bertz CT molecular complexity index is 1310. The summed E-state index contributed by atoms with van der Waals surface area (Å²) in [5, 5.41) is 3.89. The molecular weight excluding hydrogens is 467 g/mol. The van der Waals surface area contributed by atoms with E-state index in [0.29, 0.717) is 16.9 Å². The third-order valence-corrected chi connectivity index (χ3v) is 7.26. The number of hydrogen-bond donors (Lipinski definition) is 0. The van der Waals surface area contributed by atoms with E-state index < -0.39 is 16.0 Å². The quantitative estimate of drug-likeness (QED) is 0.487. The first kappa shape index (κ1) is 23.6. The Morgan fingerprint density at radius 3 is 2.41 bits per heavy atom. The van der Waals surface area contributed by atoms with E-state index in [0.717, 1.165) is 0 Å². The minimum Gasteiger partial charge on any atom is -0.460 e. The van der Waals surface area contributed by atoms with Gasteiger partial charge in [-0.05, 0) is 50.2 Å². The van der Waals surface area contributed by atoms with Crippen LogP contribution in [0.2, 0.25) is 0 Å². The van der Waals surface area contributed by atoms with Gasteiger partial charge in [0.05, 0.1) is 29.7 Å². The molecule has 0 aliphatic carbocycles. The highest BCUT2D eigenvalue weighted by Crippen LogP contribution is 2.22. The lowest BCUT2D eigenvalue weighted by molar-refractivity contribution is 0.0483. The zero-order chi connectivity index (χ0) is 24.5. The van der Waals surface area contributed by atoms with E-state index >= 15 is 0 Å². The summed E-state index contributed by atoms with van der Waals surface area (Å²) < 4.78 is 51.8. The number of rotatable bonds is 6. The SMILES string of the molecule is CCOC(=O)c1ccc(S(=O)(=O)N2CCN(C(=O)c3cnn(-c4ccc(F)cc4)c3C)CC2)o1. The molecule has 2 aromatic heterocycles. The fourth-order valence-electron chi connectivity index (χ4n) is 3.66. The topological polar surface area (TPSA) is 115 Å². The monoisotopic (exact) mass is 490 g/mol. The first-order valence-electron chi connectivity index (χ1n) is 10.6. The van der Waals surface area contributed by atoms with Crippen molar-refractivity contribution in [2.75, 3.05) is 32.8 Å². The van der Waals surface area contributed by atoms with Gasteiger partial charge in [-0.3, -0.25) is 4.79 Å². The van der Waals surface area contributed by atoms with Crippen LogP contribution in [0, 0.1) is 12.7 Å². The Morgan fingerprint density at radius 1 is 1.09 bits per heavy atom. The summed E-state index contributed by atoms with van der Waals surface area (Å²) >= 11 is 0. The van der Waals surface area contributed by atoms with Gasteiger partial charge >= 0.3 is 5.97 Å². The Kier molecular flexibility index (Phi) is 6.53. The number of piperazine rings is 1. The van der Waals surface area contributed by atoms with Gasteiger partial charge in [-0.2, -0.15) is 9.40 Å². The Labute approximate surface area is 195 Å². The predicted molar refractivity (Wildman–Crippen MR) is 118 cm³/mol. The fraction of sp³-hybridized carbons (Fsp3) is 0.318. The lowest BCUT2D eigenvalue weighted by Crippen LogP contribution is -2.50. The highest BCUT2D eigenvalue weighted by atomic mass is 32.2. The van der Waals surface area contributed by atoms with Crippen LogP contribution in [0.4, 0.5) is 4.39 Å². The summed E-state index contributed by atoms with van der Waals surface area (Å²) in [6, 6.07) is 8.22. The van der Waals surface area contributed by atoms with Crippen LogP contribution in [0.1, 0.15) is 33.5 Å². The summed E-state index contributed by atoms with van der Waals surface area (Å²) in [5.74, 6) is -1.58. The number of amides is 1. The Morgan fingerprint density at radius 2 is 1.76 bits per heavy atom. The number of benzene rings is 1. The van der Waals surface area contributed by atoms with E-state index in [9.17, 15) is 22.4 Å². The second-order valence-corrected chi connectivity index (χ2v) is 9.44. The number of halogens is 1. The largest absolute Gasteiger partial charge is 0.460 e. The fourth-order valence-corrected chi connectivity index (χ4v) is 5.00. The van der Waals surface area contributed by atoms with Crippen molar-refractivity contribution in [2.45, 2.75) is 18.9 Å². The summed E-state index contributed by atoms with van der Waals surface area (Å²) in [5.41, 5.74) is 1.59. The van der Waals surface area contributed by atoms with Gasteiger partial charge in [0.25, 0.3) is 15.9 Å². The van der Waals surface area contributed by atoms with Crippen molar-refractivity contribution >= 4 is 21.9 Å². The van der Waals surface area contributed by atoms with Crippen LogP contribution in [0.5, 0.6) is 0 Å². The summed E-state index contributed by atoms with van der Waals surface area (Å²) in [4.78, 5) is 26.4. The van der Waals surface area contributed by atoms with Gasteiger partial charge in [-0.1, -0.05) is 0 Å². The molecule has 0 unspecified atom stereocenters. The molecule has 1 aliphatic rings. The molecule has 1 aliphatic heterocycles. The third-order valence-electron chi connectivity index (χ3n) is 5.49. The molecule has 34 heavy (non-hydrogen) atoms. The number of aromatic nitrogens is 2. The van der Waals surface area contributed by atoms with Crippen LogP contribution >= 0.6 is 0 Å². The Balaban J connectivity index is 1.43. The van der Waals surface area contributed by atoms with Crippen LogP contribution in [0.3, 0.4) is 0 Å². The molecule has 1 fully saturated rings. The van der Waals surface area contributed by atoms with Gasteiger partial charge < -0.3 is 14.1 Å². The molecule has 3 aromatic rings. The van der Waals surface area contributed by atoms with Crippen molar-refractivity contribution in [1.29, 1.82) is 0 Å². The lowest BCUT2D eigenvalue weighted by Gasteiger charge is -2.33. The molecule has 0 atom stereocenters. The summed E-state index contributed by atoms with van der Waals surface area (Å²) in [6.07, 6.45) is 1.45. The maximum Gasteiger partial charge on any atom is 0.374 e. The number of hydrogen-bond acceptors (Lipinski definition) is 7. The molecule has 0 saturated carbocycles. The zero-order valence-corrected chi connectivity index (χ0v) is 19.4. The predicted octanol–water partition coefficient (Wildman–Crippen LogP) is 2.24. The average molecular weight is 491 g/mol. The number of ether oxygens (including phenoxy) is 1. The van der Waals surface area contributed by atoms with Gasteiger partial charge in [0.2, 0.25) is 10.9 Å². The molecule has 3 heterocycles. The molecule has 10 nitrogen and oxygen atoms in total. The maximum absolute atomic E-state index is 13.2. The third kappa shape index (κ3) is 4.46. The normalized spacial score (nSPS) is 14.9. The van der Waals surface area contributed by atoms with Crippen molar-refractivity contribution in [3.05, 3.63) is 65.4 Å². The van der Waals surface area contributed by atoms with Crippen LogP contribution in [0.25, 0.3) is 5.69 Å². The molecular formula is C22H23FN4O6S. The smallest absolute Gasteiger partial charge is 0.374 e. The molecule has 12 heteroatoms. The molecule has 0 N–H and O–H groups in total. The van der Waals surface area contributed by atoms with Crippen molar-refractivity contribution < 1.29 is 31.6 Å². The second-order valence-electron chi connectivity index (χ2n) is 7.57. The molecule has 1 saturated heterocycles. The van der Waals surface area contributed by atoms with E-state index in [1.807, 2.05) is 0 Å². The van der Waals surface area contributed by atoms with Crippen LogP contribution < -0.4 is 0 Å². The number of sulfonamides is 1. The number of carbonyl (C=O) groups excluding carboxylic acids is 2. The molecule has 0 spiro atoms. The first-order chi connectivity index (χ1) is 16.2. The Hall–Kier alpha value is -3.51. The number of furan rings is 1. The van der Waals surface area contributed by atoms with Crippen molar-refractivity contribution in [2.24, 2.45) is 0 Å². The van der Waals surface area contributed by atoms with Crippen LogP contribution in [-0.4, -0.2) is 72.1 Å². The maximum atomic E-state index is 13.2. The van der Waals surface area contributed by atoms with Gasteiger partial charge in [0.15, 0.2) is 0 Å². The molecule has 180 valence electrons. The van der Waals surface area contributed by atoms with E-state index in [-0.39, 0.29) is 55.4 Å². The molecule has 1 amide bonds. The number of carbonyl (C=O) groups is 2. The van der Waals surface area contributed by atoms with Gasteiger partial charge in [0, 0.05) is 26.2 Å². The second kappa shape index (κ2) is 9.39. The average Bonchev–Trinajstić information content (AvgIpc) is 3.47. The molecule has 1 aromatic carbocycles. The standard InChI is InChI=1S/C22H23FN4O6S/c1-3-32-22(29)19-8-9-20(33-19)34(30,31)26-12-10-25(11-13-26)21(28)18-14-24-27(15(18)2)17-6-4-16(23)5-7-17/h4-9,14H,3,10-13H2,1-2H3. The van der Waals surface area contributed by atoms with E-state index in [4.69, 9.17) is 9.15 Å². The number of esters is 1. The van der Waals surface area contributed by atoms with Gasteiger partial charge in [-0.25, -0.2) is 22.3 Å². The lowest BCUT2D eigenvalue weighted by atomic mass is 10.2. The minimum atomic E-state index is -3.97. The molecule has 0 bridgehead atoms. The van der Waals surface area contributed by atoms with Crippen molar-refractivity contribution in [3.8, 4) is 5.69 Å². The first-order valence-corrected chi connectivity index (χ1v) is 12.0. The zero-order valence-electron chi connectivity index (χ0n) is 18.6. The molecule has 0 radical (unpaired) electrons. The highest BCUT2D eigenvalue weighted by Gasteiger charge is 2.34. The van der Waals surface area contributed by atoms with E-state index in [1.165, 1.54) is 34.8 Å². The van der Waals surface area contributed by atoms with E-state index in [2.05, 4.69) is 5.10 Å². The minimum absolute atomic E-state index is 0.0641. The van der Waals surface area contributed by atoms with Crippen molar-refractivity contribution in [1.82, 2.24) is 19.0 Å². The van der Waals surface area contributed by atoms with Crippen LogP contribution in [-0.2, 0) is 14.8 Å². The summed E-state index contributed by atoms with van der Waals surface area (Å²) in [7, 11) is -3.97. The van der Waals surface area contributed by atoms with Gasteiger partial charge in [-0.15, -0.1) is 0 Å². The van der Waals surface area contributed by atoms with Crippen molar-refractivity contribution in [3.63, 3.8) is 0 Å². The highest BCUT2D eigenvalue weighted by molar-refractivity contribution is 7.89. The van der Waals surface area contributed by atoms with E-state index in [1.54, 1.807) is 35.6 Å². The summed E-state index contributed by atoms with van der Waals surface area (Å²) in [6.45, 7) is 3.98. The van der Waals surface area contributed by atoms with Crippen LogP contribution in [0.15, 0.2) is 52.1 Å². The molecule has 4 rings (SSSR count).